The first kappa shape index (κ1) is 19.9. The van der Waals surface area contributed by atoms with Gasteiger partial charge in [0.15, 0.2) is 10.7 Å². The Labute approximate surface area is 151 Å². The zero-order valence-corrected chi connectivity index (χ0v) is 14.4. The van der Waals surface area contributed by atoms with Crippen LogP contribution in [0.1, 0.15) is 29.4 Å². The summed E-state index contributed by atoms with van der Waals surface area (Å²) in [6.45, 7) is 0.861. The average molecular weight is 387 g/mol. The van der Waals surface area contributed by atoms with Crippen molar-refractivity contribution in [2.75, 3.05) is 11.9 Å². The van der Waals surface area contributed by atoms with Crippen LogP contribution < -0.4 is 10.6 Å². The van der Waals surface area contributed by atoms with Crippen LogP contribution in [0.4, 0.5) is 18.3 Å². The standard InChI is InChI=1S/C16H16F3N3O3S/c1-10(23)21-14-22-12(9-26-14)13(24)20-8-7-15(25,16(17,18)19)11-5-3-2-4-6-11/h2-6,9,25H,7-8H2,1H3,(H,20,24)(H,21,22,23)/t15-/m1/s1. The molecule has 0 aliphatic heterocycles. The van der Waals surface area contributed by atoms with E-state index in [0.717, 1.165) is 11.3 Å². The van der Waals surface area contributed by atoms with Gasteiger partial charge in [-0.2, -0.15) is 13.2 Å². The zero-order valence-electron chi connectivity index (χ0n) is 13.6. The normalized spacial score (nSPS) is 13.7. The number of alkyl halides is 3. The van der Waals surface area contributed by atoms with E-state index >= 15 is 0 Å². The molecule has 0 bridgehead atoms. The topological polar surface area (TPSA) is 91.3 Å². The van der Waals surface area contributed by atoms with Crippen LogP contribution >= 0.6 is 11.3 Å². The molecule has 0 radical (unpaired) electrons. The molecule has 0 aliphatic rings. The summed E-state index contributed by atoms with van der Waals surface area (Å²) >= 11 is 1.01. The monoisotopic (exact) mass is 387 g/mol. The molecule has 2 rings (SSSR count). The minimum atomic E-state index is -4.90. The molecule has 140 valence electrons. The fourth-order valence-electron chi connectivity index (χ4n) is 2.20. The van der Waals surface area contributed by atoms with E-state index in [2.05, 4.69) is 15.6 Å². The van der Waals surface area contributed by atoms with Gasteiger partial charge in [0.2, 0.25) is 5.91 Å². The summed E-state index contributed by atoms with van der Waals surface area (Å²) in [6, 6.07) is 6.68. The molecule has 6 nitrogen and oxygen atoms in total. The van der Waals surface area contributed by atoms with Gasteiger partial charge in [0, 0.05) is 25.3 Å². The highest BCUT2D eigenvalue weighted by atomic mass is 32.1. The van der Waals surface area contributed by atoms with Crippen LogP contribution in [0.5, 0.6) is 0 Å². The van der Waals surface area contributed by atoms with E-state index in [0.29, 0.717) is 0 Å². The molecule has 0 unspecified atom stereocenters. The minimum absolute atomic E-state index is 0.0333. The molecule has 3 N–H and O–H groups in total. The van der Waals surface area contributed by atoms with E-state index < -0.39 is 30.7 Å². The second-order valence-corrected chi connectivity index (χ2v) is 6.31. The number of thiazole rings is 1. The van der Waals surface area contributed by atoms with E-state index in [1.54, 1.807) is 0 Å². The van der Waals surface area contributed by atoms with Crippen molar-refractivity contribution in [3.05, 3.63) is 47.0 Å². The highest BCUT2D eigenvalue weighted by Gasteiger charge is 2.54. The highest BCUT2D eigenvalue weighted by Crippen LogP contribution is 2.41. The zero-order chi connectivity index (χ0) is 19.4. The fraction of sp³-hybridized carbons (Fsp3) is 0.312. The van der Waals surface area contributed by atoms with Gasteiger partial charge in [-0.3, -0.25) is 9.59 Å². The lowest BCUT2D eigenvalue weighted by atomic mass is 9.89. The van der Waals surface area contributed by atoms with Gasteiger partial charge in [-0.05, 0) is 5.56 Å². The fourth-order valence-corrected chi connectivity index (χ4v) is 2.93. The average Bonchev–Trinajstić information content (AvgIpc) is 3.02. The Morgan fingerprint density at radius 3 is 2.46 bits per heavy atom. The van der Waals surface area contributed by atoms with Crippen LogP contribution in [0, 0.1) is 0 Å². The summed E-state index contributed by atoms with van der Waals surface area (Å²) in [5.41, 5.74) is -3.41. The molecular formula is C16H16F3N3O3S. The predicted molar refractivity (Wildman–Crippen MR) is 89.8 cm³/mol. The lowest BCUT2D eigenvalue weighted by molar-refractivity contribution is -0.268. The summed E-state index contributed by atoms with van der Waals surface area (Å²) in [5, 5.41) is 16.4. The van der Waals surface area contributed by atoms with E-state index in [1.165, 1.54) is 42.6 Å². The van der Waals surface area contributed by atoms with Gasteiger partial charge in [0.1, 0.15) is 5.69 Å². The van der Waals surface area contributed by atoms with Crippen LogP contribution in [0.3, 0.4) is 0 Å². The number of hydrogen-bond acceptors (Lipinski definition) is 5. The van der Waals surface area contributed by atoms with Gasteiger partial charge >= 0.3 is 6.18 Å². The Balaban J connectivity index is 2.03. The summed E-state index contributed by atoms with van der Waals surface area (Å²) in [4.78, 5) is 26.8. The van der Waals surface area contributed by atoms with Gasteiger partial charge in [-0.25, -0.2) is 4.98 Å². The third kappa shape index (κ3) is 4.58. The molecule has 0 aliphatic carbocycles. The largest absolute Gasteiger partial charge is 0.421 e. The summed E-state index contributed by atoms with van der Waals surface area (Å²) in [6.07, 6.45) is -5.66. The van der Waals surface area contributed by atoms with E-state index in [1.807, 2.05) is 0 Å². The van der Waals surface area contributed by atoms with Crippen molar-refractivity contribution in [2.45, 2.75) is 25.1 Å². The number of nitrogens with zero attached hydrogens (tertiary/aromatic N) is 1. The number of amides is 2. The van der Waals surface area contributed by atoms with E-state index in [9.17, 15) is 27.9 Å². The van der Waals surface area contributed by atoms with Crippen molar-refractivity contribution in [1.29, 1.82) is 0 Å². The van der Waals surface area contributed by atoms with Crippen LogP contribution in [0.15, 0.2) is 35.7 Å². The summed E-state index contributed by atoms with van der Waals surface area (Å²) in [5.74, 6) is -1.06. The van der Waals surface area contributed by atoms with Crippen LogP contribution in [0.2, 0.25) is 0 Å². The molecular weight excluding hydrogens is 371 g/mol. The Bertz CT molecular complexity index is 780. The second kappa shape index (κ2) is 7.83. The number of nitrogens with one attached hydrogen (secondary N) is 2. The number of carbonyl (C=O) groups excluding carboxylic acids is 2. The quantitative estimate of drug-likeness (QED) is 0.711. The Morgan fingerprint density at radius 2 is 1.88 bits per heavy atom. The maximum absolute atomic E-state index is 13.3. The lowest BCUT2D eigenvalue weighted by Crippen LogP contribution is -2.45. The Kier molecular flexibility index (Phi) is 5.98. The molecule has 0 spiro atoms. The third-order valence-corrected chi connectivity index (χ3v) is 4.27. The van der Waals surface area contributed by atoms with Gasteiger partial charge in [-0.1, -0.05) is 30.3 Å². The molecule has 2 amide bonds. The first-order valence-electron chi connectivity index (χ1n) is 7.49. The van der Waals surface area contributed by atoms with Gasteiger partial charge in [-0.15, -0.1) is 11.3 Å². The number of benzene rings is 1. The molecule has 1 atom stereocenters. The van der Waals surface area contributed by atoms with Crippen LogP contribution in [-0.2, 0) is 10.4 Å². The van der Waals surface area contributed by atoms with Crippen molar-refractivity contribution in [1.82, 2.24) is 10.3 Å². The summed E-state index contributed by atoms with van der Waals surface area (Å²) < 4.78 is 40.0. The van der Waals surface area contributed by atoms with Crippen molar-refractivity contribution >= 4 is 28.3 Å². The third-order valence-electron chi connectivity index (χ3n) is 3.51. The molecule has 1 aromatic heterocycles. The van der Waals surface area contributed by atoms with Gasteiger partial charge in [0.25, 0.3) is 5.91 Å². The van der Waals surface area contributed by atoms with Crippen LogP contribution in [0.25, 0.3) is 0 Å². The lowest BCUT2D eigenvalue weighted by Gasteiger charge is -2.31. The molecule has 2 aromatic rings. The van der Waals surface area contributed by atoms with Crippen LogP contribution in [-0.4, -0.2) is 34.6 Å². The van der Waals surface area contributed by atoms with Crippen molar-refractivity contribution < 1.29 is 27.9 Å². The molecule has 0 saturated carbocycles. The van der Waals surface area contributed by atoms with E-state index in [-0.39, 0.29) is 22.3 Å². The van der Waals surface area contributed by atoms with Gasteiger partial charge in [0.05, 0.1) is 0 Å². The first-order chi connectivity index (χ1) is 12.1. The first-order valence-corrected chi connectivity index (χ1v) is 8.37. The number of hydrogen-bond donors (Lipinski definition) is 3. The highest BCUT2D eigenvalue weighted by molar-refractivity contribution is 7.14. The number of aliphatic hydroxyl groups is 1. The maximum atomic E-state index is 13.3. The van der Waals surface area contributed by atoms with Crippen molar-refractivity contribution in [2.24, 2.45) is 0 Å². The summed E-state index contributed by atoms with van der Waals surface area (Å²) in [7, 11) is 0. The van der Waals surface area contributed by atoms with Crippen molar-refractivity contribution in [3.8, 4) is 0 Å². The molecule has 26 heavy (non-hydrogen) atoms. The van der Waals surface area contributed by atoms with Gasteiger partial charge < -0.3 is 15.7 Å². The molecule has 10 heteroatoms. The smallest absolute Gasteiger partial charge is 0.376 e. The second-order valence-electron chi connectivity index (χ2n) is 5.45. The Hall–Kier alpha value is -2.46. The number of aromatic nitrogens is 1. The minimum Gasteiger partial charge on any atom is -0.376 e. The maximum Gasteiger partial charge on any atom is 0.421 e. The van der Waals surface area contributed by atoms with E-state index in [4.69, 9.17) is 0 Å². The predicted octanol–water partition coefficient (Wildman–Crippen LogP) is 2.67. The SMILES string of the molecule is CC(=O)Nc1nc(C(=O)NCC[C@@](O)(c2ccccc2)C(F)(F)F)cs1. The number of carbonyl (C=O) groups is 2. The molecule has 0 fully saturated rings. The number of halogens is 3. The number of anilines is 1. The Morgan fingerprint density at radius 1 is 1.23 bits per heavy atom. The molecule has 0 saturated heterocycles. The molecule has 1 heterocycles. The number of rotatable bonds is 6. The molecule has 1 aromatic carbocycles. The van der Waals surface area contributed by atoms with Crippen molar-refractivity contribution in [3.63, 3.8) is 0 Å².